The molecule has 1 aromatic heterocycles. The zero-order chi connectivity index (χ0) is 25.5. The number of hydrogen-bond acceptors (Lipinski definition) is 3. The van der Waals surface area contributed by atoms with E-state index in [0.29, 0.717) is 17.1 Å². The summed E-state index contributed by atoms with van der Waals surface area (Å²) in [6.45, 7) is 0.581. The van der Waals surface area contributed by atoms with Crippen LogP contribution in [0.4, 0.5) is 0 Å². The van der Waals surface area contributed by atoms with Crippen LogP contribution in [-0.4, -0.2) is 27.8 Å². The molecule has 5 rings (SSSR count). The van der Waals surface area contributed by atoms with E-state index >= 15 is 0 Å². The molecule has 1 heterocycles. The van der Waals surface area contributed by atoms with E-state index in [9.17, 15) is 4.79 Å². The molecule has 0 saturated carbocycles. The highest BCUT2D eigenvalue weighted by molar-refractivity contribution is 7.99. The lowest BCUT2D eigenvalue weighted by molar-refractivity contribution is 0.0954. The van der Waals surface area contributed by atoms with Gasteiger partial charge in [-0.15, -0.1) is 0 Å². The van der Waals surface area contributed by atoms with Crippen molar-refractivity contribution >= 4 is 29.3 Å². The molecule has 0 fully saturated rings. The van der Waals surface area contributed by atoms with Crippen molar-refractivity contribution in [2.24, 2.45) is 0 Å². The van der Waals surface area contributed by atoms with E-state index in [4.69, 9.17) is 16.6 Å². The van der Waals surface area contributed by atoms with Gasteiger partial charge in [0.1, 0.15) is 0 Å². The number of aromatic nitrogens is 2. The summed E-state index contributed by atoms with van der Waals surface area (Å²) in [5, 5.41) is 4.54. The summed E-state index contributed by atoms with van der Waals surface area (Å²) in [5.74, 6) is 0.720. The predicted molar refractivity (Wildman–Crippen MR) is 154 cm³/mol. The van der Waals surface area contributed by atoms with Gasteiger partial charge in [0.05, 0.1) is 11.4 Å². The Morgan fingerprint density at radius 2 is 1.38 bits per heavy atom. The maximum atomic E-state index is 12.4. The standard InChI is InChI=1S/C31H26ClN3OS/c32-26-19-17-25(18-20-26)30(36)33-21-10-22-37-31-34-28(23-11-4-1-5-12-23)29(24-13-6-2-7-14-24)35(31)27-15-8-3-9-16-27/h1-9,11-20H,10,21-22H2,(H,33,36). The number of benzene rings is 4. The second kappa shape index (κ2) is 12.0. The lowest BCUT2D eigenvalue weighted by Gasteiger charge is -2.13. The van der Waals surface area contributed by atoms with E-state index in [1.807, 2.05) is 42.5 Å². The monoisotopic (exact) mass is 523 g/mol. The molecule has 37 heavy (non-hydrogen) atoms. The predicted octanol–water partition coefficient (Wildman–Crippen LogP) is 7.77. The lowest BCUT2D eigenvalue weighted by Crippen LogP contribution is -2.24. The molecule has 0 saturated heterocycles. The van der Waals surface area contributed by atoms with E-state index in [0.717, 1.165) is 45.5 Å². The summed E-state index contributed by atoms with van der Waals surface area (Å²) in [6.07, 6.45) is 0.812. The Morgan fingerprint density at radius 1 is 0.784 bits per heavy atom. The molecule has 6 heteroatoms. The molecule has 0 unspecified atom stereocenters. The Morgan fingerprint density at radius 3 is 2.03 bits per heavy atom. The first-order chi connectivity index (χ1) is 18.2. The third-order valence-corrected chi connectivity index (χ3v) is 7.18. The first-order valence-electron chi connectivity index (χ1n) is 12.2. The van der Waals surface area contributed by atoms with Crippen molar-refractivity contribution < 1.29 is 4.79 Å². The first kappa shape index (κ1) is 24.9. The summed E-state index contributed by atoms with van der Waals surface area (Å²) in [4.78, 5) is 17.6. The van der Waals surface area contributed by atoms with Crippen molar-refractivity contribution in [3.63, 3.8) is 0 Å². The molecular formula is C31H26ClN3OS. The van der Waals surface area contributed by atoms with Gasteiger partial charge in [-0.05, 0) is 42.8 Å². The third kappa shape index (κ3) is 5.96. The number of hydrogen-bond donors (Lipinski definition) is 1. The van der Waals surface area contributed by atoms with Gasteiger partial charge in [-0.1, -0.05) is 102 Å². The van der Waals surface area contributed by atoms with E-state index in [2.05, 4.69) is 58.4 Å². The number of amides is 1. The Kier molecular flexibility index (Phi) is 8.04. The fourth-order valence-electron chi connectivity index (χ4n) is 4.11. The number of rotatable bonds is 9. The number of halogens is 1. The normalized spacial score (nSPS) is 10.8. The van der Waals surface area contributed by atoms with Gasteiger partial charge in [0.25, 0.3) is 5.91 Å². The number of thioether (sulfide) groups is 1. The highest BCUT2D eigenvalue weighted by atomic mass is 35.5. The third-order valence-electron chi connectivity index (χ3n) is 5.90. The van der Waals surface area contributed by atoms with Gasteiger partial charge in [-0.25, -0.2) is 4.98 Å². The van der Waals surface area contributed by atoms with Crippen LogP contribution in [0.3, 0.4) is 0 Å². The minimum Gasteiger partial charge on any atom is -0.352 e. The molecule has 5 aromatic rings. The SMILES string of the molecule is O=C(NCCCSc1nc(-c2ccccc2)c(-c2ccccc2)n1-c1ccccc1)c1ccc(Cl)cc1. The van der Waals surface area contributed by atoms with Crippen LogP contribution in [-0.2, 0) is 0 Å². The zero-order valence-electron chi connectivity index (χ0n) is 20.2. The maximum absolute atomic E-state index is 12.4. The van der Waals surface area contributed by atoms with Crippen molar-refractivity contribution in [2.75, 3.05) is 12.3 Å². The topological polar surface area (TPSA) is 46.9 Å². The van der Waals surface area contributed by atoms with Crippen LogP contribution in [0, 0.1) is 0 Å². The minimum absolute atomic E-state index is 0.0924. The Hall–Kier alpha value is -3.80. The summed E-state index contributed by atoms with van der Waals surface area (Å²) in [7, 11) is 0. The van der Waals surface area contributed by atoms with E-state index in [1.54, 1.807) is 36.0 Å². The Balaban J connectivity index is 1.40. The number of nitrogens with zero attached hydrogens (tertiary/aromatic N) is 2. The second-order valence-electron chi connectivity index (χ2n) is 8.46. The molecule has 4 nitrogen and oxygen atoms in total. The van der Waals surface area contributed by atoms with E-state index in [-0.39, 0.29) is 5.91 Å². The molecule has 0 spiro atoms. The maximum Gasteiger partial charge on any atom is 0.251 e. The van der Waals surface area contributed by atoms with Crippen LogP contribution in [0.15, 0.2) is 120 Å². The highest BCUT2D eigenvalue weighted by Gasteiger charge is 2.21. The van der Waals surface area contributed by atoms with Crippen LogP contribution in [0.25, 0.3) is 28.2 Å². The second-order valence-corrected chi connectivity index (χ2v) is 9.96. The van der Waals surface area contributed by atoms with Crippen molar-refractivity contribution in [3.8, 4) is 28.2 Å². The lowest BCUT2D eigenvalue weighted by atomic mass is 10.0. The first-order valence-corrected chi connectivity index (χ1v) is 13.5. The van der Waals surface area contributed by atoms with E-state index in [1.165, 1.54) is 0 Å². The van der Waals surface area contributed by atoms with Gasteiger partial charge in [0.15, 0.2) is 5.16 Å². The number of para-hydroxylation sites is 1. The molecular weight excluding hydrogens is 498 g/mol. The molecule has 1 amide bonds. The molecule has 1 N–H and O–H groups in total. The van der Waals surface area contributed by atoms with Crippen molar-refractivity contribution in [2.45, 2.75) is 11.6 Å². The summed E-state index contributed by atoms with van der Waals surface area (Å²) in [6, 6.07) is 38.0. The molecule has 0 aliphatic carbocycles. The molecule has 0 bridgehead atoms. The smallest absolute Gasteiger partial charge is 0.251 e. The molecule has 0 radical (unpaired) electrons. The number of nitrogens with one attached hydrogen (secondary N) is 1. The fraction of sp³-hybridized carbons (Fsp3) is 0.0968. The van der Waals surface area contributed by atoms with Crippen LogP contribution in [0.2, 0.25) is 5.02 Å². The fourth-order valence-corrected chi connectivity index (χ4v) is 5.19. The molecule has 4 aromatic carbocycles. The van der Waals surface area contributed by atoms with Crippen molar-refractivity contribution in [3.05, 3.63) is 126 Å². The summed E-state index contributed by atoms with van der Waals surface area (Å²) >= 11 is 7.62. The van der Waals surface area contributed by atoms with E-state index < -0.39 is 0 Å². The van der Waals surface area contributed by atoms with Crippen LogP contribution in [0.5, 0.6) is 0 Å². The van der Waals surface area contributed by atoms with Gasteiger partial charge >= 0.3 is 0 Å². The quantitative estimate of drug-likeness (QED) is 0.158. The zero-order valence-corrected chi connectivity index (χ0v) is 21.8. The largest absolute Gasteiger partial charge is 0.352 e. The van der Waals surface area contributed by atoms with Gasteiger partial charge in [0.2, 0.25) is 0 Å². The van der Waals surface area contributed by atoms with Crippen LogP contribution >= 0.6 is 23.4 Å². The Bertz CT molecular complexity index is 1450. The van der Waals surface area contributed by atoms with Crippen LogP contribution < -0.4 is 5.32 Å². The van der Waals surface area contributed by atoms with Gasteiger partial charge < -0.3 is 5.32 Å². The van der Waals surface area contributed by atoms with Gasteiger partial charge in [0, 0.05) is 39.7 Å². The average Bonchev–Trinajstić information content (AvgIpc) is 3.34. The molecule has 0 atom stereocenters. The molecule has 184 valence electrons. The van der Waals surface area contributed by atoms with Gasteiger partial charge in [-0.2, -0.15) is 0 Å². The van der Waals surface area contributed by atoms with Crippen molar-refractivity contribution in [1.29, 1.82) is 0 Å². The Labute approximate surface area is 226 Å². The minimum atomic E-state index is -0.0924. The van der Waals surface area contributed by atoms with Crippen molar-refractivity contribution in [1.82, 2.24) is 14.9 Å². The highest BCUT2D eigenvalue weighted by Crippen LogP contribution is 2.38. The number of carbonyl (C=O) groups is 1. The summed E-state index contributed by atoms with van der Waals surface area (Å²) < 4.78 is 2.24. The molecule has 0 aliphatic heterocycles. The number of imidazole rings is 1. The average molecular weight is 524 g/mol. The van der Waals surface area contributed by atoms with Gasteiger partial charge in [-0.3, -0.25) is 9.36 Å². The summed E-state index contributed by atoms with van der Waals surface area (Å²) in [5.41, 5.74) is 5.88. The van der Waals surface area contributed by atoms with Crippen LogP contribution in [0.1, 0.15) is 16.8 Å². The molecule has 0 aliphatic rings. The number of carbonyl (C=O) groups excluding carboxylic acids is 1.